The molecule has 1 unspecified atom stereocenters. The number of fused-ring (bicyclic) bond motifs is 1. The fourth-order valence-corrected chi connectivity index (χ4v) is 5.60. The Balaban J connectivity index is 1.17. The predicted molar refractivity (Wildman–Crippen MR) is 117 cm³/mol. The number of carbonyl (C=O) groups excluding carboxylic acids is 1. The highest BCUT2D eigenvalue weighted by atomic mass is 16.5. The normalized spacial score (nSPS) is 26.1. The average Bonchev–Trinajstić information content (AvgIpc) is 3.12. The monoisotopic (exact) mass is 412 g/mol. The first-order chi connectivity index (χ1) is 14.8. The van der Waals surface area contributed by atoms with Gasteiger partial charge in [0.2, 0.25) is 5.91 Å². The van der Waals surface area contributed by atoms with E-state index in [4.69, 9.17) is 9.47 Å². The van der Waals surface area contributed by atoms with Crippen LogP contribution in [-0.4, -0.2) is 67.2 Å². The lowest BCUT2D eigenvalue weighted by Gasteiger charge is -2.36. The number of amides is 1. The molecule has 1 atom stereocenters. The van der Waals surface area contributed by atoms with E-state index in [0.29, 0.717) is 12.5 Å². The maximum atomic E-state index is 13.0. The molecule has 164 valence electrons. The van der Waals surface area contributed by atoms with Gasteiger partial charge in [0.05, 0.1) is 6.04 Å². The van der Waals surface area contributed by atoms with E-state index in [2.05, 4.69) is 28.0 Å². The summed E-state index contributed by atoms with van der Waals surface area (Å²) < 4.78 is 11.7. The lowest BCUT2D eigenvalue weighted by atomic mass is 9.91. The van der Waals surface area contributed by atoms with Gasteiger partial charge in [-0.15, -0.1) is 0 Å². The van der Waals surface area contributed by atoms with Crippen LogP contribution in [0.3, 0.4) is 0 Å². The maximum absolute atomic E-state index is 13.0. The molecule has 2 saturated heterocycles. The highest BCUT2D eigenvalue weighted by Gasteiger charge is 2.34. The van der Waals surface area contributed by atoms with Crippen molar-refractivity contribution in [1.82, 2.24) is 9.80 Å². The Kier molecular flexibility index (Phi) is 6.28. The van der Waals surface area contributed by atoms with Crippen LogP contribution in [0, 0.1) is 5.92 Å². The van der Waals surface area contributed by atoms with Gasteiger partial charge in [0.1, 0.15) is 12.4 Å². The van der Waals surface area contributed by atoms with Crippen LogP contribution in [0.25, 0.3) is 0 Å². The van der Waals surface area contributed by atoms with Crippen molar-refractivity contribution in [2.45, 2.75) is 69.9 Å². The summed E-state index contributed by atoms with van der Waals surface area (Å²) in [6.07, 6.45) is 10.3. The molecule has 0 bridgehead atoms. The van der Waals surface area contributed by atoms with Gasteiger partial charge in [0.25, 0.3) is 0 Å². The van der Waals surface area contributed by atoms with E-state index in [1.807, 2.05) is 0 Å². The Morgan fingerprint density at radius 2 is 1.77 bits per heavy atom. The third kappa shape index (κ3) is 4.38. The minimum Gasteiger partial charge on any atom is -0.491 e. The van der Waals surface area contributed by atoms with Crippen LogP contribution < -0.4 is 4.74 Å². The summed E-state index contributed by atoms with van der Waals surface area (Å²) in [6, 6.07) is 7.72. The van der Waals surface area contributed by atoms with E-state index in [0.717, 1.165) is 70.1 Å². The number of ether oxygens (including phenoxy) is 2. The number of hydrogen-bond acceptors (Lipinski definition) is 4. The smallest absolute Gasteiger partial charge is 0.226 e. The number of rotatable bonds is 5. The van der Waals surface area contributed by atoms with Gasteiger partial charge in [-0.2, -0.15) is 0 Å². The first-order valence-electron chi connectivity index (χ1n) is 12.1. The van der Waals surface area contributed by atoms with Gasteiger partial charge in [-0.25, -0.2) is 0 Å². The molecule has 3 aliphatic heterocycles. The van der Waals surface area contributed by atoms with Gasteiger partial charge in [0, 0.05) is 44.8 Å². The molecule has 0 N–H and O–H groups in total. The van der Waals surface area contributed by atoms with Gasteiger partial charge in [-0.1, -0.05) is 12.5 Å². The number of benzene rings is 1. The second kappa shape index (κ2) is 9.27. The van der Waals surface area contributed by atoms with Gasteiger partial charge in [-0.05, 0) is 74.6 Å². The molecule has 1 aliphatic carbocycles. The van der Waals surface area contributed by atoms with Crippen molar-refractivity contribution < 1.29 is 14.3 Å². The molecule has 5 nitrogen and oxygen atoms in total. The summed E-state index contributed by atoms with van der Waals surface area (Å²) in [4.78, 5) is 17.8. The van der Waals surface area contributed by atoms with Crippen LogP contribution in [-0.2, 0) is 22.4 Å². The Hall–Kier alpha value is -1.59. The number of likely N-dealkylation sites (tertiary alicyclic amines) is 1. The number of carbonyl (C=O) groups is 1. The third-order valence-electron chi connectivity index (χ3n) is 7.78. The summed E-state index contributed by atoms with van der Waals surface area (Å²) in [5, 5.41) is 0. The van der Waals surface area contributed by atoms with Crippen molar-refractivity contribution >= 4 is 5.91 Å². The van der Waals surface area contributed by atoms with Crippen LogP contribution >= 0.6 is 0 Å². The number of nitrogens with zero attached hydrogens (tertiary/aromatic N) is 2. The van der Waals surface area contributed by atoms with E-state index in [-0.39, 0.29) is 12.0 Å². The lowest BCUT2D eigenvalue weighted by Crippen LogP contribution is -2.43. The van der Waals surface area contributed by atoms with Crippen molar-refractivity contribution in [3.8, 4) is 5.75 Å². The first-order valence-corrected chi connectivity index (χ1v) is 12.1. The maximum Gasteiger partial charge on any atom is 0.226 e. The molecule has 1 amide bonds. The van der Waals surface area contributed by atoms with E-state index >= 15 is 0 Å². The summed E-state index contributed by atoms with van der Waals surface area (Å²) in [5.41, 5.74) is 2.94. The van der Waals surface area contributed by atoms with E-state index in [9.17, 15) is 4.79 Å². The third-order valence-corrected chi connectivity index (χ3v) is 7.78. The van der Waals surface area contributed by atoms with Crippen molar-refractivity contribution in [2.24, 2.45) is 5.92 Å². The minimum atomic E-state index is 0.144. The van der Waals surface area contributed by atoms with Gasteiger partial charge in [0.15, 0.2) is 0 Å². The second-order valence-corrected chi connectivity index (χ2v) is 9.58. The quantitative estimate of drug-likeness (QED) is 0.743. The fourth-order valence-electron chi connectivity index (χ4n) is 5.60. The summed E-state index contributed by atoms with van der Waals surface area (Å²) in [7, 11) is 0. The standard InChI is InChI=1S/C25H36N2O3/c28-25(20-10-15-29-16-11-20)27-12-2-5-23(27)18-30-24-7-6-19-8-13-26(22-3-1-4-22)14-9-21(19)17-24/h6-7,17,20,22-23H,1-5,8-16,18H2. The molecule has 5 heteroatoms. The molecular formula is C25H36N2O3. The summed E-state index contributed by atoms with van der Waals surface area (Å²) >= 11 is 0. The Morgan fingerprint density at radius 1 is 0.967 bits per heavy atom. The molecule has 5 rings (SSSR count). The number of hydrogen-bond donors (Lipinski definition) is 0. The van der Waals surface area contributed by atoms with Gasteiger partial charge < -0.3 is 14.4 Å². The molecule has 0 radical (unpaired) electrons. The van der Waals surface area contributed by atoms with E-state index in [1.165, 1.54) is 43.5 Å². The molecule has 1 aromatic rings. The van der Waals surface area contributed by atoms with E-state index in [1.54, 1.807) is 0 Å². The van der Waals surface area contributed by atoms with Gasteiger partial charge in [-0.3, -0.25) is 9.69 Å². The minimum absolute atomic E-state index is 0.144. The highest BCUT2D eigenvalue weighted by molar-refractivity contribution is 5.79. The summed E-state index contributed by atoms with van der Waals surface area (Å²) in [5.74, 6) is 1.43. The largest absolute Gasteiger partial charge is 0.491 e. The van der Waals surface area contributed by atoms with Crippen LogP contribution in [0.1, 0.15) is 56.1 Å². The zero-order valence-electron chi connectivity index (χ0n) is 18.2. The van der Waals surface area contributed by atoms with Crippen molar-refractivity contribution in [1.29, 1.82) is 0 Å². The molecule has 0 aromatic heterocycles. The Morgan fingerprint density at radius 3 is 2.53 bits per heavy atom. The second-order valence-electron chi connectivity index (χ2n) is 9.58. The molecular weight excluding hydrogens is 376 g/mol. The van der Waals surface area contributed by atoms with Crippen LogP contribution in [0.15, 0.2) is 18.2 Å². The van der Waals surface area contributed by atoms with Crippen molar-refractivity contribution in [3.05, 3.63) is 29.3 Å². The molecule has 1 saturated carbocycles. The highest BCUT2D eigenvalue weighted by Crippen LogP contribution is 2.29. The molecule has 4 aliphatic rings. The van der Waals surface area contributed by atoms with Gasteiger partial charge >= 0.3 is 0 Å². The molecule has 1 aromatic carbocycles. The average molecular weight is 413 g/mol. The van der Waals surface area contributed by atoms with Crippen molar-refractivity contribution in [2.75, 3.05) is 39.5 Å². The van der Waals surface area contributed by atoms with Crippen molar-refractivity contribution in [3.63, 3.8) is 0 Å². The Bertz CT molecular complexity index is 742. The predicted octanol–water partition coefficient (Wildman–Crippen LogP) is 3.44. The molecule has 30 heavy (non-hydrogen) atoms. The molecule has 0 spiro atoms. The van der Waals surface area contributed by atoms with Crippen LogP contribution in [0.2, 0.25) is 0 Å². The van der Waals surface area contributed by atoms with Crippen LogP contribution in [0.5, 0.6) is 5.75 Å². The van der Waals surface area contributed by atoms with E-state index < -0.39 is 0 Å². The van der Waals surface area contributed by atoms with Crippen LogP contribution in [0.4, 0.5) is 0 Å². The zero-order chi connectivity index (χ0) is 20.3. The fraction of sp³-hybridized carbons (Fsp3) is 0.720. The summed E-state index contributed by atoms with van der Waals surface area (Å²) in [6.45, 7) is 5.31. The first kappa shape index (κ1) is 20.3. The molecule has 3 heterocycles. The Labute approximate surface area is 180 Å². The SMILES string of the molecule is O=C(C1CCOCC1)N1CCCC1COc1ccc2c(c1)CCN(C1CCC1)CC2. The molecule has 3 fully saturated rings. The topological polar surface area (TPSA) is 42.0 Å². The zero-order valence-corrected chi connectivity index (χ0v) is 18.2. The lowest BCUT2D eigenvalue weighted by molar-refractivity contribution is -0.139.